The molecule has 0 fully saturated rings. The number of hydrogen-bond donors (Lipinski definition) is 0. The second-order valence-electron chi connectivity index (χ2n) is 11.1. The first kappa shape index (κ1) is 20.7. The van der Waals surface area contributed by atoms with Crippen molar-refractivity contribution in [3.05, 3.63) is 70.9 Å². The van der Waals surface area contributed by atoms with Crippen molar-refractivity contribution in [2.45, 2.75) is 67.6 Å². The molecule has 0 aliphatic heterocycles. The molecule has 1 heterocycles. The lowest BCUT2D eigenvalue weighted by molar-refractivity contribution is -0.660. The van der Waals surface area contributed by atoms with Crippen LogP contribution in [0.5, 0.6) is 0 Å². The second kappa shape index (κ2) is 8.39. The summed E-state index contributed by atoms with van der Waals surface area (Å²) in [6, 6.07) is 15.8. The normalized spacial score (nSPS) is 13.7. The molecule has 31 heavy (non-hydrogen) atoms. The quantitative estimate of drug-likeness (QED) is 0.312. The lowest BCUT2D eigenvalue weighted by atomic mass is 9.86. The molecule has 2 heteroatoms. The van der Waals surface area contributed by atoms with E-state index in [9.17, 15) is 0 Å². The Balaban J connectivity index is 2.27. The predicted octanol–water partition coefficient (Wildman–Crippen LogP) is 6.90. The summed E-state index contributed by atoms with van der Waals surface area (Å²) in [5.74, 6) is 0. The maximum atomic E-state index is 8.79. The Morgan fingerprint density at radius 3 is 2.03 bits per heavy atom. The van der Waals surface area contributed by atoms with E-state index in [4.69, 9.17) is 2.74 Å². The first-order chi connectivity index (χ1) is 15.0. The fourth-order valence-corrected chi connectivity index (χ4v) is 5.80. The largest absolute Gasteiger partial charge is 0.212 e. The smallest absolute Gasteiger partial charge is 0.201 e. The minimum atomic E-state index is -1.57. The molecule has 0 amide bonds. The maximum absolute atomic E-state index is 8.79. The van der Waals surface area contributed by atoms with Gasteiger partial charge in [0.25, 0.3) is 0 Å². The van der Waals surface area contributed by atoms with Gasteiger partial charge in [-0.2, -0.15) is 0 Å². The van der Waals surface area contributed by atoms with Gasteiger partial charge in [0.1, 0.15) is 7.05 Å². The summed E-state index contributed by atoms with van der Waals surface area (Å²) in [7, 11) is 0.471. The number of pyridine rings is 1. The molecule has 0 aliphatic rings. The molecule has 0 radical (unpaired) electrons. The van der Waals surface area contributed by atoms with E-state index >= 15 is 0 Å². The third-order valence-electron chi connectivity index (χ3n) is 5.80. The molecule has 1 aromatic heterocycles. The van der Waals surface area contributed by atoms with E-state index in [-0.39, 0.29) is 0 Å². The van der Waals surface area contributed by atoms with Gasteiger partial charge in [-0.3, -0.25) is 0 Å². The molecule has 0 N–H and O–H groups in total. The van der Waals surface area contributed by atoms with Crippen LogP contribution in [0.4, 0.5) is 0 Å². The van der Waals surface area contributed by atoms with Crippen LogP contribution in [0.15, 0.2) is 48.7 Å². The summed E-state index contributed by atoms with van der Waals surface area (Å²) in [5.41, 5.74) is 8.72. The van der Waals surface area contributed by atoms with Crippen molar-refractivity contribution >= 4 is 13.3 Å². The molecule has 2 aromatic carbocycles. The molecular formula is C29H40NSi+. The zero-order valence-electron chi connectivity index (χ0n) is 23.1. The van der Waals surface area contributed by atoms with Gasteiger partial charge in [-0.25, -0.2) is 4.57 Å². The predicted molar refractivity (Wildman–Crippen MR) is 139 cm³/mol. The third kappa shape index (κ3) is 5.36. The number of benzene rings is 2. The summed E-state index contributed by atoms with van der Waals surface area (Å²) in [4.78, 5) is 0. The number of nitrogens with zero attached hydrogens (tertiary/aromatic N) is 1. The molecule has 3 aromatic rings. The Morgan fingerprint density at radius 2 is 1.48 bits per heavy atom. The van der Waals surface area contributed by atoms with Gasteiger partial charge in [0.15, 0.2) is 6.20 Å². The molecule has 3 rings (SSSR count). The molecule has 0 atom stereocenters. The Morgan fingerprint density at radius 1 is 0.871 bits per heavy atom. The van der Waals surface area contributed by atoms with Crippen LogP contribution in [0.25, 0.3) is 22.4 Å². The SMILES string of the molecule is [2H]C([2H])(c1c[n+](C)c(-c2cc(-c3ccc(C)cc3)c([Si](C)(C)C)cc2C)cc1C)C(C)(C)C. The van der Waals surface area contributed by atoms with E-state index in [1.165, 1.54) is 33.0 Å². The van der Waals surface area contributed by atoms with Gasteiger partial charge in [0.05, 0.1) is 8.07 Å². The Hall–Kier alpha value is -2.19. The van der Waals surface area contributed by atoms with Gasteiger partial charge >= 0.3 is 0 Å². The maximum Gasteiger partial charge on any atom is 0.212 e. The second-order valence-corrected chi connectivity index (χ2v) is 16.1. The zero-order chi connectivity index (χ0) is 24.9. The van der Waals surface area contributed by atoms with Crippen molar-refractivity contribution in [1.82, 2.24) is 0 Å². The zero-order valence-corrected chi connectivity index (χ0v) is 22.1. The molecule has 0 unspecified atom stereocenters. The van der Waals surface area contributed by atoms with E-state index < -0.39 is 19.9 Å². The fraction of sp³-hybridized carbons (Fsp3) is 0.414. The van der Waals surface area contributed by atoms with Gasteiger partial charge in [0, 0.05) is 19.9 Å². The Labute approximate surface area is 194 Å². The lowest BCUT2D eigenvalue weighted by Crippen LogP contribution is -2.39. The van der Waals surface area contributed by atoms with E-state index in [1.54, 1.807) is 0 Å². The van der Waals surface area contributed by atoms with Crippen molar-refractivity contribution in [3.8, 4) is 22.4 Å². The summed E-state index contributed by atoms with van der Waals surface area (Å²) < 4.78 is 19.7. The molecule has 1 nitrogen and oxygen atoms in total. The number of rotatable bonds is 4. The minimum absolute atomic E-state index is 0.486. The monoisotopic (exact) mass is 432 g/mol. The summed E-state index contributed by atoms with van der Waals surface area (Å²) in [6.07, 6.45) is 0.574. The van der Waals surface area contributed by atoms with Crippen LogP contribution < -0.4 is 9.75 Å². The Bertz CT molecular complexity index is 1180. The average molecular weight is 433 g/mol. The molecular weight excluding hydrogens is 390 g/mol. The standard InChI is InChI=1S/C29H40NSi/c1-20-11-13-23(14-12-20)26-17-25(22(3)16-28(26)31(8,9)10)27-15-21(2)24(19-30(27)7)18-29(4,5)6/h11-17,19H,18H2,1-10H3/q+1/i18D2. The fourth-order valence-electron chi connectivity index (χ4n) is 4.13. The first-order valence-electron chi connectivity index (χ1n) is 12.3. The summed E-state index contributed by atoms with van der Waals surface area (Å²) >= 11 is 0. The van der Waals surface area contributed by atoms with Gasteiger partial charge < -0.3 is 0 Å². The highest BCUT2D eigenvalue weighted by atomic mass is 28.3. The van der Waals surface area contributed by atoms with Crippen LogP contribution in [0.3, 0.4) is 0 Å². The highest BCUT2D eigenvalue weighted by Gasteiger charge is 2.25. The van der Waals surface area contributed by atoms with Gasteiger partial charge in [-0.15, -0.1) is 0 Å². The van der Waals surface area contributed by atoms with Crippen LogP contribution in [0.2, 0.25) is 19.6 Å². The van der Waals surface area contributed by atoms with Crippen molar-refractivity contribution in [2.75, 3.05) is 0 Å². The van der Waals surface area contributed by atoms with E-state index in [0.29, 0.717) is 0 Å². The molecule has 0 saturated heterocycles. The highest BCUT2D eigenvalue weighted by molar-refractivity contribution is 6.89. The summed E-state index contributed by atoms with van der Waals surface area (Å²) in [6.45, 7) is 19.5. The van der Waals surface area contributed by atoms with Crippen molar-refractivity contribution < 1.29 is 7.31 Å². The van der Waals surface area contributed by atoms with Gasteiger partial charge in [0.2, 0.25) is 5.69 Å². The summed E-state index contributed by atoms with van der Waals surface area (Å²) in [5, 5.41) is 1.48. The molecule has 0 spiro atoms. The van der Waals surface area contributed by atoms with E-state index in [1.807, 2.05) is 40.9 Å². The molecule has 0 aliphatic carbocycles. The molecule has 0 saturated carbocycles. The van der Waals surface area contributed by atoms with Crippen LogP contribution in [-0.4, -0.2) is 8.07 Å². The van der Waals surface area contributed by atoms with E-state index in [0.717, 1.165) is 16.8 Å². The van der Waals surface area contributed by atoms with Gasteiger partial charge in [-0.05, 0) is 60.9 Å². The number of hydrogen-bond acceptors (Lipinski definition) is 0. The molecule has 164 valence electrons. The van der Waals surface area contributed by atoms with Crippen LogP contribution in [-0.2, 0) is 13.4 Å². The first-order valence-corrected chi connectivity index (χ1v) is 14.8. The van der Waals surface area contributed by atoms with Crippen molar-refractivity contribution in [1.29, 1.82) is 0 Å². The van der Waals surface area contributed by atoms with Crippen molar-refractivity contribution in [3.63, 3.8) is 0 Å². The minimum Gasteiger partial charge on any atom is -0.201 e. The van der Waals surface area contributed by atoms with E-state index in [2.05, 4.69) is 80.5 Å². The van der Waals surface area contributed by atoms with Gasteiger partial charge in [-0.1, -0.05) is 81.5 Å². The van der Waals surface area contributed by atoms with Crippen molar-refractivity contribution in [2.24, 2.45) is 12.5 Å². The number of aryl methyl sites for hydroxylation is 4. The van der Waals surface area contributed by atoms with Crippen LogP contribution >= 0.6 is 0 Å². The Kier molecular flexibility index (Phi) is 5.60. The number of aromatic nitrogens is 1. The topological polar surface area (TPSA) is 3.88 Å². The molecule has 0 bridgehead atoms. The van der Waals surface area contributed by atoms with Crippen LogP contribution in [0.1, 0.15) is 45.8 Å². The lowest BCUT2D eigenvalue weighted by Gasteiger charge is -2.24. The van der Waals surface area contributed by atoms with Crippen LogP contribution in [0, 0.1) is 26.2 Å². The average Bonchev–Trinajstić information content (AvgIpc) is 2.68. The third-order valence-corrected chi connectivity index (χ3v) is 7.83. The highest BCUT2D eigenvalue weighted by Crippen LogP contribution is 2.30.